The quantitative estimate of drug-likeness (QED) is 0.508. The highest BCUT2D eigenvalue weighted by Crippen LogP contribution is 2.30. The number of carbonyl (C=O) groups is 1. The number of nitrogens with zero attached hydrogens (tertiary/aromatic N) is 4. The van der Waals surface area contributed by atoms with Crippen molar-refractivity contribution in [1.82, 2.24) is 15.0 Å². The Balaban J connectivity index is 2.56. The van der Waals surface area contributed by atoms with Crippen molar-refractivity contribution in [3.8, 4) is 17.3 Å². The van der Waals surface area contributed by atoms with Crippen LogP contribution in [0.5, 0.6) is 0 Å². The van der Waals surface area contributed by atoms with Gasteiger partial charge < -0.3 is 5.73 Å². The van der Waals surface area contributed by atoms with E-state index in [4.69, 9.17) is 5.73 Å². The van der Waals surface area contributed by atoms with Crippen LogP contribution in [0.4, 0.5) is 0 Å². The molecule has 8 heteroatoms. The summed E-state index contributed by atoms with van der Waals surface area (Å²) in [4.78, 5) is 23.6. The standard InChI is InChI=1S/C13H11N5OS2/c1-20-13-17-11(8-3-2-4-16-6-8)9(5-14)12(18-13)21-7-10(15)19/h2-4,6H,7H2,1H3,(H2,15,19). The van der Waals surface area contributed by atoms with Crippen LogP contribution in [0.15, 0.2) is 34.7 Å². The predicted molar refractivity (Wildman–Crippen MR) is 81.7 cm³/mol. The molecule has 0 saturated heterocycles. The molecular formula is C13H11N5OS2. The molecule has 2 aromatic rings. The molecule has 0 fully saturated rings. The summed E-state index contributed by atoms with van der Waals surface area (Å²) in [5, 5.41) is 10.4. The van der Waals surface area contributed by atoms with Crippen molar-refractivity contribution in [3.63, 3.8) is 0 Å². The van der Waals surface area contributed by atoms with Crippen LogP contribution in [0.2, 0.25) is 0 Å². The molecule has 0 spiro atoms. The molecular weight excluding hydrogens is 306 g/mol. The lowest BCUT2D eigenvalue weighted by molar-refractivity contribution is -0.115. The van der Waals surface area contributed by atoms with Crippen molar-refractivity contribution in [2.45, 2.75) is 10.2 Å². The zero-order chi connectivity index (χ0) is 15.2. The second-order valence-corrected chi connectivity index (χ2v) is 5.59. The molecule has 0 aromatic carbocycles. The molecule has 0 atom stereocenters. The third-order valence-corrected chi connectivity index (χ3v) is 3.98. The Hall–Kier alpha value is -2.11. The van der Waals surface area contributed by atoms with E-state index < -0.39 is 5.91 Å². The summed E-state index contributed by atoms with van der Waals surface area (Å²) < 4.78 is 0. The van der Waals surface area contributed by atoms with Gasteiger partial charge in [0.15, 0.2) is 5.16 Å². The summed E-state index contributed by atoms with van der Waals surface area (Å²) in [6.45, 7) is 0. The van der Waals surface area contributed by atoms with E-state index in [1.165, 1.54) is 11.8 Å². The Bertz CT molecular complexity index is 700. The van der Waals surface area contributed by atoms with Crippen LogP contribution < -0.4 is 5.73 Å². The molecule has 0 saturated carbocycles. The average molecular weight is 317 g/mol. The minimum absolute atomic E-state index is 0.0615. The number of primary amides is 1. The zero-order valence-electron chi connectivity index (χ0n) is 11.1. The highest BCUT2D eigenvalue weighted by atomic mass is 32.2. The Morgan fingerprint density at radius 3 is 2.86 bits per heavy atom. The van der Waals surface area contributed by atoms with Gasteiger partial charge in [0, 0.05) is 18.0 Å². The van der Waals surface area contributed by atoms with Crippen molar-refractivity contribution >= 4 is 29.4 Å². The second-order valence-electron chi connectivity index (χ2n) is 3.85. The number of hydrogen-bond donors (Lipinski definition) is 1. The lowest BCUT2D eigenvalue weighted by Crippen LogP contribution is -2.13. The van der Waals surface area contributed by atoms with Gasteiger partial charge in [0.1, 0.15) is 16.7 Å². The molecule has 0 aliphatic rings. The number of thioether (sulfide) groups is 2. The Labute approximate surface area is 130 Å². The second kappa shape index (κ2) is 7.06. The van der Waals surface area contributed by atoms with Gasteiger partial charge in [0.2, 0.25) is 5.91 Å². The van der Waals surface area contributed by atoms with Gasteiger partial charge in [0.05, 0.1) is 11.4 Å². The zero-order valence-corrected chi connectivity index (χ0v) is 12.7. The average Bonchev–Trinajstić information content (AvgIpc) is 2.52. The van der Waals surface area contributed by atoms with Crippen LogP contribution >= 0.6 is 23.5 Å². The molecule has 106 valence electrons. The van der Waals surface area contributed by atoms with Crippen molar-refractivity contribution in [2.75, 3.05) is 12.0 Å². The van der Waals surface area contributed by atoms with Crippen LogP contribution in [0, 0.1) is 11.3 Å². The minimum atomic E-state index is -0.462. The van der Waals surface area contributed by atoms with Crippen molar-refractivity contribution in [1.29, 1.82) is 5.26 Å². The van der Waals surface area contributed by atoms with Gasteiger partial charge in [-0.05, 0) is 18.4 Å². The number of nitriles is 1. The van der Waals surface area contributed by atoms with Gasteiger partial charge in [0.25, 0.3) is 0 Å². The number of pyridine rings is 1. The molecule has 1 amide bonds. The van der Waals surface area contributed by atoms with Crippen LogP contribution in [-0.2, 0) is 4.79 Å². The molecule has 21 heavy (non-hydrogen) atoms. The normalized spacial score (nSPS) is 10.1. The van der Waals surface area contributed by atoms with Crippen molar-refractivity contribution in [3.05, 3.63) is 30.1 Å². The first-order valence-corrected chi connectivity index (χ1v) is 8.04. The first kappa shape index (κ1) is 15.3. The lowest BCUT2D eigenvalue weighted by atomic mass is 10.1. The maximum atomic E-state index is 10.9. The van der Waals surface area contributed by atoms with Gasteiger partial charge in [-0.15, -0.1) is 0 Å². The van der Waals surface area contributed by atoms with Crippen LogP contribution in [-0.4, -0.2) is 32.9 Å². The number of hydrogen-bond acceptors (Lipinski definition) is 7. The summed E-state index contributed by atoms with van der Waals surface area (Å²) in [5.74, 6) is -0.400. The van der Waals surface area contributed by atoms with Crippen LogP contribution in [0.1, 0.15) is 5.56 Å². The van der Waals surface area contributed by atoms with Crippen molar-refractivity contribution in [2.24, 2.45) is 5.73 Å². The van der Waals surface area contributed by atoms with E-state index in [0.717, 1.165) is 17.3 Å². The molecule has 6 nitrogen and oxygen atoms in total. The number of amides is 1. The van der Waals surface area contributed by atoms with Gasteiger partial charge in [-0.2, -0.15) is 5.26 Å². The number of carbonyl (C=O) groups excluding carboxylic acids is 1. The van der Waals surface area contributed by atoms with E-state index in [0.29, 0.717) is 21.4 Å². The fourth-order valence-corrected chi connectivity index (χ4v) is 2.71. The smallest absolute Gasteiger partial charge is 0.227 e. The first-order chi connectivity index (χ1) is 10.2. The topological polar surface area (TPSA) is 106 Å². The lowest BCUT2D eigenvalue weighted by Gasteiger charge is -2.09. The van der Waals surface area contributed by atoms with Crippen LogP contribution in [0.25, 0.3) is 11.3 Å². The summed E-state index contributed by atoms with van der Waals surface area (Å²) in [6.07, 6.45) is 5.13. The van der Waals surface area contributed by atoms with E-state index in [-0.39, 0.29) is 5.75 Å². The third kappa shape index (κ3) is 3.71. The maximum absolute atomic E-state index is 10.9. The van der Waals surface area contributed by atoms with Crippen LogP contribution in [0.3, 0.4) is 0 Å². The summed E-state index contributed by atoms with van der Waals surface area (Å²) in [7, 11) is 0. The number of nitrogens with two attached hydrogens (primary N) is 1. The predicted octanol–water partition coefficient (Wildman–Crippen LogP) is 1.71. The van der Waals surface area contributed by atoms with E-state index in [2.05, 4.69) is 21.0 Å². The van der Waals surface area contributed by atoms with E-state index in [9.17, 15) is 10.1 Å². The largest absolute Gasteiger partial charge is 0.369 e. The SMILES string of the molecule is CSc1nc(SCC(N)=O)c(C#N)c(-c2cccnc2)n1. The Kier molecular flexibility index (Phi) is 5.14. The summed E-state index contributed by atoms with van der Waals surface area (Å²) in [6, 6.07) is 5.70. The molecule has 2 N–H and O–H groups in total. The number of aromatic nitrogens is 3. The summed E-state index contributed by atoms with van der Waals surface area (Å²) in [5.41, 5.74) is 6.72. The minimum Gasteiger partial charge on any atom is -0.369 e. The van der Waals surface area contributed by atoms with Gasteiger partial charge >= 0.3 is 0 Å². The molecule has 0 radical (unpaired) electrons. The van der Waals surface area contributed by atoms with Crippen molar-refractivity contribution < 1.29 is 4.79 Å². The summed E-state index contributed by atoms with van der Waals surface area (Å²) >= 11 is 2.50. The fourth-order valence-electron chi connectivity index (χ4n) is 1.57. The molecule has 0 bridgehead atoms. The van der Waals surface area contributed by atoms with Gasteiger partial charge in [-0.25, -0.2) is 9.97 Å². The Morgan fingerprint density at radius 2 is 2.29 bits per heavy atom. The van der Waals surface area contributed by atoms with E-state index in [1.54, 1.807) is 18.5 Å². The molecule has 2 heterocycles. The Morgan fingerprint density at radius 1 is 1.48 bits per heavy atom. The fraction of sp³-hybridized carbons (Fsp3) is 0.154. The maximum Gasteiger partial charge on any atom is 0.227 e. The number of rotatable bonds is 5. The molecule has 0 unspecified atom stereocenters. The highest BCUT2D eigenvalue weighted by molar-refractivity contribution is 8.00. The molecule has 2 rings (SSSR count). The third-order valence-electron chi connectivity index (χ3n) is 2.44. The highest BCUT2D eigenvalue weighted by Gasteiger charge is 2.17. The molecule has 0 aliphatic heterocycles. The first-order valence-electron chi connectivity index (χ1n) is 5.83. The van der Waals surface area contributed by atoms with E-state index in [1.807, 2.05) is 12.3 Å². The molecule has 0 aliphatic carbocycles. The van der Waals surface area contributed by atoms with Gasteiger partial charge in [-0.3, -0.25) is 9.78 Å². The van der Waals surface area contributed by atoms with E-state index >= 15 is 0 Å². The molecule has 2 aromatic heterocycles. The monoisotopic (exact) mass is 317 g/mol. The van der Waals surface area contributed by atoms with Gasteiger partial charge in [-0.1, -0.05) is 23.5 Å².